The van der Waals surface area contributed by atoms with Gasteiger partial charge in [-0.25, -0.2) is 0 Å². The summed E-state index contributed by atoms with van der Waals surface area (Å²) in [4.78, 5) is 0. The number of nitrogens with two attached hydrogens (primary N) is 1. The molecule has 0 amide bonds. The zero-order valence-electron chi connectivity index (χ0n) is 10.6. The van der Waals surface area contributed by atoms with E-state index in [0.29, 0.717) is 22.6 Å². The van der Waals surface area contributed by atoms with E-state index < -0.39 is 6.36 Å². The molecule has 0 unspecified atom stereocenters. The first-order valence-corrected chi connectivity index (χ1v) is 5.80. The molecule has 0 aliphatic rings. The maximum atomic E-state index is 12.0. The molecular formula is C14H10F3N3O. The lowest BCUT2D eigenvalue weighted by molar-refractivity contribution is -0.274. The maximum Gasteiger partial charge on any atom is 0.573 e. The summed E-state index contributed by atoms with van der Waals surface area (Å²) >= 11 is 0. The Balaban J connectivity index is 2.16. The molecule has 7 heteroatoms. The second kappa shape index (κ2) is 5.63. The fourth-order valence-electron chi connectivity index (χ4n) is 1.66. The van der Waals surface area contributed by atoms with Crippen molar-refractivity contribution in [2.75, 3.05) is 11.1 Å². The third-order valence-electron chi connectivity index (χ3n) is 2.53. The molecule has 21 heavy (non-hydrogen) atoms. The van der Waals surface area contributed by atoms with Gasteiger partial charge in [0.2, 0.25) is 0 Å². The number of nitrogens with one attached hydrogen (secondary N) is 1. The fraction of sp³-hybridized carbons (Fsp3) is 0.0714. The Morgan fingerprint density at radius 3 is 2.33 bits per heavy atom. The molecule has 0 atom stereocenters. The molecule has 0 aromatic heterocycles. The second-order valence-corrected chi connectivity index (χ2v) is 4.11. The predicted octanol–water partition coefficient (Wildman–Crippen LogP) is 3.78. The zero-order chi connectivity index (χ0) is 15.5. The van der Waals surface area contributed by atoms with Crippen molar-refractivity contribution in [1.82, 2.24) is 0 Å². The molecule has 0 aliphatic heterocycles. The summed E-state index contributed by atoms with van der Waals surface area (Å²) in [7, 11) is 0. The quantitative estimate of drug-likeness (QED) is 0.845. The van der Waals surface area contributed by atoms with Crippen molar-refractivity contribution in [2.24, 2.45) is 0 Å². The number of anilines is 3. The van der Waals surface area contributed by atoms with Gasteiger partial charge in [0, 0.05) is 11.4 Å². The normalized spacial score (nSPS) is 10.8. The van der Waals surface area contributed by atoms with Gasteiger partial charge in [-0.3, -0.25) is 0 Å². The molecule has 2 aromatic rings. The number of alkyl halides is 3. The van der Waals surface area contributed by atoms with E-state index in [1.165, 1.54) is 30.3 Å². The largest absolute Gasteiger partial charge is 0.573 e. The minimum Gasteiger partial charge on any atom is -0.406 e. The van der Waals surface area contributed by atoms with E-state index in [1.54, 1.807) is 12.1 Å². The fourth-order valence-corrected chi connectivity index (χ4v) is 1.66. The van der Waals surface area contributed by atoms with Gasteiger partial charge in [-0.15, -0.1) is 13.2 Å². The summed E-state index contributed by atoms with van der Waals surface area (Å²) in [5.41, 5.74) is 7.39. The Bertz CT molecular complexity index is 675. The standard InChI is InChI=1S/C14H10F3N3O/c15-14(16,17)21-12-4-2-11(3-5-12)20-13-6-1-10(19)7-9(13)8-18/h1-7,20H,19H2. The highest BCUT2D eigenvalue weighted by Gasteiger charge is 2.30. The van der Waals surface area contributed by atoms with Gasteiger partial charge in [-0.05, 0) is 42.5 Å². The van der Waals surface area contributed by atoms with Crippen LogP contribution in [-0.4, -0.2) is 6.36 Å². The number of nitrogen functional groups attached to an aromatic ring is 1. The van der Waals surface area contributed by atoms with Gasteiger partial charge < -0.3 is 15.8 Å². The molecule has 0 spiro atoms. The summed E-state index contributed by atoms with van der Waals surface area (Å²) in [5, 5.41) is 11.9. The molecule has 0 bridgehead atoms. The van der Waals surface area contributed by atoms with Crippen LogP contribution in [0.1, 0.15) is 5.56 Å². The first kappa shape index (κ1) is 14.5. The maximum absolute atomic E-state index is 12.0. The van der Waals surface area contributed by atoms with Crippen molar-refractivity contribution in [3.63, 3.8) is 0 Å². The van der Waals surface area contributed by atoms with Crippen LogP contribution in [0.5, 0.6) is 5.75 Å². The molecule has 0 heterocycles. The number of nitrogens with zero attached hydrogens (tertiary/aromatic N) is 1. The minimum atomic E-state index is -4.72. The molecule has 4 nitrogen and oxygen atoms in total. The number of hydrogen-bond donors (Lipinski definition) is 2. The first-order chi connectivity index (χ1) is 9.87. The average Bonchev–Trinajstić information content (AvgIpc) is 2.41. The Morgan fingerprint density at radius 1 is 1.10 bits per heavy atom. The summed E-state index contributed by atoms with van der Waals surface area (Å²) in [5.74, 6) is -0.314. The van der Waals surface area contributed by atoms with Crippen LogP contribution >= 0.6 is 0 Å². The van der Waals surface area contributed by atoms with Crippen LogP contribution in [0.25, 0.3) is 0 Å². The molecule has 0 saturated carbocycles. The number of halogens is 3. The van der Waals surface area contributed by atoms with E-state index in [1.807, 2.05) is 6.07 Å². The van der Waals surface area contributed by atoms with Crippen molar-refractivity contribution >= 4 is 17.1 Å². The van der Waals surface area contributed by atoms with E-state index >= 15 is 0 Å². The Hall–Kier alpha value is -2.88. The monoisotopic (exact) mass is 293 g/mol. The van der Waals surface area contributed by atoms with Crippen LogP contribution in [0.15, 0.2) is 42.5 Å². The predicted molar refractivity (Wildman–Crippen MR) is 72.0 cm³/mol. The first-order valence-electron chi connectivity index (χ1n) is 5.80. The van der Waals surface area contributed by atoms with Crippen LogP contribution in [0, 0.1) is 11.3 Å². The summed E-state index contributed by atoms with van der Waals surface area (Å²) in [6, 6.07) is 11.9. The number of ether oxygens (including phenoxy) is 1. The third-order valence-corrected chi connectivity index (χ3v) is 2.53. The van der Waals surface area contributed by atoms with Crippen LogP contribution < -0.4 is 15.8 Å². The molecule has 2 aromatic carbocycles. The Labute approximate surface area is 118 Å². The van der Waals surface area contributed by atoms with Gasteiger partial charge in [-0.1, -0.05) is 0 Å². The summed E-state index contributed by atoms with van der Waals surface area (Å²) in [6.07, 6.45) is -4.72. The number of nitriles is 1. The highest BCUT2D eigenvalue weighted by Crippen LogP contribution is 2.26. The van der Waals surface area contributed by atoms with Crippen molar-refractivity contribution in [3.05, 3.63) is 48.0 Å². The van der Waals surface area contributed by atoms with Crippen molar-refractivity contribution < 1.29 is 17.9 Å². The SMILES string of the molecule is N#Cc1cc(N)ccc1Nc1ccc(OC(F)(F)F)cc1. The molecular weight excluding hydrogens is 283 g/mol. The molecule has 0 saturated heterocycles. The lowest BCUT2D eigenvalue weighted by Crippen LogP contribution is -2.16. The van der Waals surface area contributed by atoms with Gasteiger partial charge in [0.1, 0.15) is 11.8 Å². The third kappa shape index (κ3) is 4.04. The average molecular weight is 293 g/mol. The van der Waals surface area contributed by atoms with Gasteiger partial charge in [0.05, 0.1) is 11.3 Å². The van der Waals surface area contributed by atoms with E-state index in [2.05, 4.69) is 10.1 Å². The summed E-state index contributed by atoms with van der Waals surface area (Å²) in [6.45, 7) is 0. The van der Waals surface area contributed by atoms with Gasteiger partial charge in [-0.2, -0.15) is 5.26 Å². The molecule has 0 fully saturated rings. The van der Waals surface area contributed by atoms with Crippen molar-refractivity contribution in [2.45, 2.75) is 6.36 Å². The highest BCUT2D eigenvalue weighted by molar-refractivity contribution is 5.69. The van der Waals surface area contributed by atoms with Crippen LogP contribution in [0.3, 0.4) is 0 Å². The summed E-state index contributed by atoms with van der Waals surface area (Å²) < 4.78 is 39.9. The number of benzene rings is 2. The highest BCUT2D eigenvalue weighted by atomic mass is 19.4. The minimum absolute atomic E-state index is 0.314. The molecule has 108 valence electrons. The lowest BCUT2D eigenvalue weighted by Gasteiger charge is -2.11. The molecule has 3 N–H and O–H groups in total. The van der Waals surface area contributed by atoms with Crippen LogP contribution in [-0.2, 0) is 0 Å². The Kier molecular flexibility index (Phi) is 3.89. The molecule has 0 radical (unpaired) electrons. The van der Waals surface area contributed by atoms with Crippen LogP contribution in [0.2, 0.25) is 0 Å². The zero-order valence-corrected chi connectivity index (χ0v) is 10.6. The van der Waals surface area contributed by atoms with Crippen molar-refractivity contribution in [1.29, 1.82) is 5.26 Å². The number of rotatable bonds is 3. The molecule has 2 rings (SSSR count). The topological polar surface area (TPSA) is 71.1 Å². The Morgan fingerprint density at radius 2 is 1.76 bits per heavy atom. The van der Waals surface area contributed by atoms with E-state index in [0.717, 1.165) is 0 Å². The second-order valence-electron chi connectivity index (χ2n) is 4.11. The van der Waals surface area contributed by atoms with E-state index in [9.17, 15) is 13.2 Å². The van der Waals surface area contributed by atoms with Crippen molar-refractivity contribution in [3.8, 4) is 11.8 Å². The molecule has 0 aliphatic carbocycles. The van der Waals surface area contributed by atoms with E-state index in [4.69, 9.17) is 11.0 Å². The van der Waals surface area contributed by atoms with Gasteiger partial charge in [0.15, 0.2) is 0 Å². The van der Waals surface area contributed by atoms with Crippen LogP contribution in [0.4, 0.5) is 30.2 Å². The smallest absolute Gasteiger partial charge is 0.406 e. The van der Waals surface area contributed by atoms with Gasteiger partial charge in [0.25, 0.3) is 0 Å². The van der Waals surface area contributed by atoms with E-state index in [-0.39, 0.29) is 5.75 Å². The number of hydrogen-bond acceptors (Lipinski definition) is 4. The lowest BCUT2D eigenvalue weighted by atomic mass is 10.1. The van der Waals surface area contributed by atoms with Gasteiger partial charge >= 0.3 is 6.36 Å².